The maximum atomic E-state index is 11.2. The standard InChI is InChI=1S/C11H12ClNO4/c1-7-5-9(12)3-4-10(7)16-6-11(15)13-17-8(2)14/h3-5H,6H2,1-2H3,(H,13,15). The molecule has 0 heterocycles. The first-order valence-electron chi connectivity index (χ1n) is 4.84. The Morgan fingerprint density at radius 1 is 1.41 bits per heavy atom. The third kappa shape index (κ3) is 4.74. The van der Waals surface area contributed by atoms with E-state index in [9.17, 15) is 9.59 Å². The van der Waals surface area contributed by atoms with E-state index in [4.69, 9.17) is 16.3 Å². The van der Waals surface area contributed by atoms with E-state index in [1.54, 1.807) is 18.2 Å². The van der Waals surface area contributed by atoms with E-state index in [-0.39, 0.29) is 6.61 Å². The van der Waals surface area contributed by atoms with Crippen LogP contribution in [0.3, 0.4) is 0 Å². The molecule has 92 valence electrons. The number of rotatable bonds is 3. The molecule has 0 aromatic heterocycles. The van der Waals surface area contributed by atoms with E-state index >= 15 is 0 Å². The lowest BCUT2D eigenvalue weighted by Gasteiger charge is -2.09. The minimum atomic E-state index is -0.596. The first-order valence-corrected chi connectivity index (χ1v) is 5.22. The van der Waals surface area contributed by atoms with Crippen LogP contribution >= 0.6 is 11.6 Å². The number of carbonyl (C=O) groups excluding carboxylic acids is 2. The van der Waals surface area contributed by atoms with Gasteiger partial charge in [-0.25, -0.2) is 0 Å². The van der Waals surface area contributed by atoms with E-state index < -0.39 is 11.9 Å². The van der Waals surface area contributed by atoms with Crippen LogP contribution in [0.25, 0.3) is 0 Å². The van der Waals surface area contributed by atoms with Gasteiger partial charge in [-0.15, -0.1) is 0 Å². The topological polar surface area (TPSA) is 64.6 Å². The van der Waals surface area contributed by atoms with Gasteiger partial charge in [0, 0.05) is 11.9 Å². The van der Waals surface area contributed by atoms with Crippen LogP contribution in [0.15, 0.2) is 18.2 Å². The summed E-state index contributed by atoms with van der Waals surface area (Å²) in [7, 11) is 0. The van der Waals surface area contributed by atoms with Gasteiger partial charge in [-0.3, -0.25) is 9.59 Å². The Bertz CT molecular complexity index is 433. The maximum Gasteiger partial charge on any atom is 0.329 e. The molecular weight excluding hydrogens is 246 g/mol. The third-order valence-electron chi connectivity index (χ3n) is 1.80. The predicted molar refractivity (Wildman–Crippen MR) is 61.6 cm³/mol. The number of nitrogens with one attached hydrogen (secondary N) is 1. The monoisotopic (exact) mass is 257 g/mol. The molecule has 0 unspecified atom stereocenters. The van der Waals surface area contributed by atoms with Crippen molar-refractivity contribution in [2.24, 2.45) is 0 Å². The molecule has 0 aliphatic carbocycles. The van der Waals surface area contributed by atoms with Crippen molar-refractivity contribution in [2.75, 3.05) is 6.61 Å². The normalized spacial score (nSPS) is 9.59. The molecule has 6 heteroatoms. The maximum absolute atomic E-state index is 11.2. The highest BCUT2D eigenvalue weighted by molar-refractivity contribution is 6.30. The number of halogens is 1. The van der Waals surface area contributed by atoms with Crippen molar-refractivity contribution in [3.8, 4) is 5.75 Å². The highest BCUT2D eigenvalue weighted by Crippen LogP contribution is 2.21. The molecule has 0 saturated heterocycles. The van der Waals surface area contributed by atoms with E-state index in [0.29, 0.717) is 10.8 Å². The smallest absolute Gasteiger partial charge is 0.329 e. The summed E-state index contributed by atoms with van der Waals surface area (Å²) in [6.07, 6.45) is 0. The van der Waals surface area contributed by atoms with Crippen LogP contribution in [0.5, 0.6) is 5.75 Å². The van der Waals surface area contributed by atoms with Gasteiger partial charge in [-0.05, 0) is 30.7 Å². The lowest BCUT2D eigenvalue weighted by molar-refractivity contribution is -0.156. The van der Waals surface area contributed by atoms with Crippen molar-refractivity contribution in [3.05, 3.63) is 28.8 Å². The molecule has 5 nitrogen and oxygen atoms in total. The molecule has 1 rings (SSSR count). The van der Waals surface area contributed by atoms with Crippen LogP contribution in [-0.2, 0) is 14.4 Å². The molecule has 0 saturated carbocycles. The van der Waals surface area contributed by atoms with Crippen LogP contribution in [0, 0.1) is 6.92 Å². The lowest BCUT2D eigenvalue weighted by Crippen LogP contribution is -2.30. The highest BCUT2D eigenvalue weighted by Gasteiger charge is 2.06. The zero-order valence-corrected chi connectivity index (χ0v) is 10.2. The summed E-state index contributed by atoms with van der Waals surface area (Å²) >= 11 is 5.77. The van der Waals surface area contributed by atoms with Gasteiger partial charge in [0.15, 0.2) is 6.61 Å². The van der Waals surface area contributed by atoms with Crippen molar-refractivity contribution in [1.29, 1.82) is 0 Å². The number of hydrogen-bond acceptors (Lipinski definition) is 4. The van der Waals surface area contributed by atoms with Crippen LogP contribution in [0.4, 0.5) is 0 Å². The van der Waals surface area contributed by atoms with Crippen LogP contribution in [-0.4, -0.2) is 18.5 Å². The quantitative estimate of drug-likeness (QED) is 0.836. The molecule has 17 heavy (non-hydrogen) atoms. The van der Waals surface area contributed by atoms with Crippen LogP contribution < -0.4 is 10.2 Å². The van der Waals surface area contributed by atoms with Gasteiger partial charge in [-0.2, -0.15) is 5.48 Å². The van der Waals surface area contributed by atoms with Crippen molar-refractivity contribution in [2.45, 2.75) is 13.8 Å². The number of hydroxylamine groups is 1. The van der Waals surface area contributed by atoms with Gasteiger partial charge in [-0.1, -0.05) is 11.6 Å². The molecule has 1 N–H and O–H groups in total. The molecule has 1 aromatic carbocycles. The SMILES string of the molecule is CC(=O)ONC(=O)COc1ccc(Cl)cc1C. The minimum Gasteiger partial charge on any atom is -0.483 e. The molecular formula is C11H12ClNO4. The first-order chi connectivity index (χ1) is 7.99. The second-order valence-corrected chi connectivity index (χ2v) is 3.75. The zero-order chi connectivity index (χ0) is 12.8. The fraction of sp³-hybridized carbons (Fsp3) is 0.273. The van der Waals surface area contributed by atoms with Crippen LogP contribution in [0.2, 0.25) is 5.02 Å². The molecule has 0 atom stereocenters. The Balaban J connectivity index is 2.44. The molecule has 0 aliphatic heterocycles. The summed E-state index contributed by atoms with van der Waals surface area (Å²) in [5.74, 6) is -0.594. The van der Waals surface area contributed by atoms with Crippen molar-refractivity contribution in [1.82, 2.24) is 5.48 Å². The Hall–Kier alpha value is -1.75. The second kappa shape index (κ2) is 6.10. The molecule has 0 radical (unpaired) electrons. The van der Waals surface area contributed by atoms with Gasteiger partial charge in [0.05, 0.1) is 0 Å². The number of carbonyl (C=O) groups is 2. The summed E-state index contributed by atoms with van der Waals surface area (Å²) < 4.78 is 5.22. The van der Waals surface area contributed by atoms with E-state index in [1.807, 2.05) is 12.4 Å². The van der Waals surface area contributed by atoms with Crippen molar-refractivity contribution < 1.29 is 19.2 Å². The lowest BCUT2D eigenvalue weighted by atomic mass is 10.2. The minimum absolute atomic E-state index is 0.240. The first kappa shape index (κ1) is 13.3. The predicted octanol–water partition coefficient (Wildman–Crippen LogP) is 1.62. The Morgan fingerprint density at radius 3 is 2.71 bits per heavy atom. The summed E-state index contributed by atoms with van der Waals surface area (Å²) in [5.41, 5.74) is 2.76. The van der Waals surface area contributed by atoms with E-state index in [0.717, 1.165) is 5.56 Å². The zero-order valence-electron chi connectivity index (χ0n) is 9.45. The second-order valence-electron chi connectivity index (χ2n) is 3.32. The highest BCUT2D eigenvalue weighted by atomic mass is 35.5. The fourth-order valence-electron chi connectivity index (χ4n) is 1.08. The number of aryl methyl sites for hydroxylation is 1. The number of benzene rings is 1. The van der Waals surface area contributed by atoms with E-state index in [2.05, 4.69) is 4.84 Å². The molecule has 0 spiro atoms. The van der Waals surface area contributed by atoms with Gasteiger partial charge in [0.2, 0.25) is 0 Å². The number of hydrogen-bond donors (Lipinski definition) is 1. The summed E-state index contributed by atoms with van der Waals surface area (Å²) in [4.78, 5) is 25.9. The Kier molecular flexibility index (Phi) is 4.78. The van der Waals surface area contributed by atoms with Crippen molar-refractivity contribution >= 4 is 23.5 Å². The third-order valence-corrected chi connectivity index (χ3v) is 2.04. The Morgan fingerprint density at radius 2 is 2.12 bits per heavy atom. The van der Waals surface area contributed by atoms with Gasteiger partial charge in [0.1, 0.15) is 5.75 Å². The van der Waals surface area contributed by atoms with Crippen molar-refractivity contribution in [3.63, 3.8) is 0 Å². The average Bonchev–Trinajstić information content (AvgIpc) is 2.25. The summed E-state index contributed by atoms with van der Waals surface area (Å²) in [6, 6.07) is 5.05. The molecule has 0 aliphatic rings. The largest absolute Gasteiger partial charge is 0.483 e. The fourth-order valence-corrected chi connectivity index (χ4v) is 1.30. The van der Waals surface area contributed by atoms with Gasteiger partial charge in [0.25, 0.3) is 5.91 Å². The molecule has 1 amide bonds. The summed E-state index contributed by atoms with van der Waals surface area (Å²) in [6.45, 7) is 2.76. The van der Waals surface area contributed by atoms with Gasteiger partial charge >= 0.3 is 5.97 Å². The average molecular weight is 258 g/mol. The molecule has 0 bridgehead atoms. The van der Waals surface area contributed by atoms with Gasteiger partial charge < -0.3 is 9.57 Å². The molecule has 0 fully saturated rings. The number of amides is 1. The van der Waals surface area contributed by atoms with E-state index in [1.165, 1.54) is 6.92 Å². The Labute approximate surface area is 104 Å². The van der Waals surface area contributed by atoms with Crippen LogP contribution in [0.1, 0.15) is 12.5 Å². The summed E-state index contributed by atoms with van der Waals surface area (Å²) in [5, 5.41) is 0.596. The number of ether oxygens (including phenoxy) is 1. The molecule has 1 aromatic rings.